The smallest absolute Gasteiger partial charge is 0.171 e. The van der Waals surface area contributed by atoms with Gasteiger partial charge in [0.25, 0.3) is 0 Å². The van der Waals surface area contributed by atoms with E-state index in [0.29, 0.717) is 5.11 Å². The zero-order valence-electron chi connectivity index (χ0n) is 10.8. The Kier molecular flexibility index (Phi) is 4.86. The summed E-state index contributed by atoms with van der Waals surface area (Å²) in [4.78, 5) is 4.05. The zero-order valence-corrected chi connectivity index (χ0v) is 11.7. The van der Waals surface area contributed by atoms with Crippen LogP contribution in [-0.4, -0.2) is 10.1 Å². The summed E-state index contributed by atoms with van der Waals surface area (Å²) in [7, 11) is 0. The fourth-order valence-corrected chi connectivity index (χ4v) is 2.13. The molecule has 0 spiro atoms. The van der Waals surface area contributed by atoms with E-state index in [1.54, 1.807) is 12.4 Å². The van der Waals surface area contributed by atoms with Gasteiger partial charge in [-0.3, -0.25) is 4.98 Å². The van der Waals surface area contributed by atoms with Gasteiger partial charge in [-0.1, -0.05) is 37.3 Å². The lowest BCUT2D eigenvalue weighted by Crippen LogP contribution is -2.32. The molecule has 0 saturated heterocycles. The summed E-state index contributed by atoms with van der Waals surface area (Å²) in [5, 5.41) is 7.07. The van der Waals surface area contributed by atoms with Gasteiger partial charge in [-0.2, -0.15) is 0 Å². The summed E-state index contributed by atoms with van der Waals surface area (Å²) in [5.41, 5.74) is 2.13. The maximum Gasteiger partial charge on any atom is 0.171 e. The van der Waals surface area contributed by atoms with Crippen LogP contribution in [0.3, 0.4) is 0 Å². The summed E-state index contributed by atoms with van der Waals surface area (Å²) in [5.74, 6) is 0. The molecule has 98 valence electrons. The van der Waals surface area contributed by atoms with E-state index in [-0.39, 0.29) is 6.04 Å². The molecule has 0 fully saturated rings. The van der Waals surface area contributed by atoms with Crippen molar-refractivity contribution in [2.75, 3.05) is 5.32 Å². The van der Waals surface area contributed by atoms with Gasteiger partial charge in [-0.25, -0.2) is 0 Å². The molecule has 0 aliphatic carbocycles. The number of rotatable bonds is 4. The minimum atomic E-state index is 0.220. The van der Waals surface area contributed by atoms with Crippen molar-refractivity contribution in [2.24, 2.45) is 0 Å². The second kappa shape index (κ2) is 6.85. The van der Waals surface area contributed by atoms with E-state index < -0.39 is 0 Å². The largest absolute Gasteiger partial charge is 0.356 e. The van der Waals surface area contributed by atoms with Crippen molar-refractivity contribution in [3.8, 4) is 0 Å². The molecular weight excluding hydrogens is 254 g/mol. The summed E-state index contributed by atoms with van der Waals surface area (Å²) >= 11 is 5.33. The highest BCUT2D eigenvalue weighted by molar-refractivity contribution is 7.80. The lowest BCUT2D eigenvalue weighted by molar-refractivity contribution is 0.629. The minimum Gasteiger partial charge on any atom is -0.356 e. The number of anilines is 1. The molecule has 0 amide bonds. The van der Waals surface area contributed by atoms with Crippen LogP contribution in [0.2, 0.25) is 0 Å². The van der Waals surface area contributed by atoms with Crippen molar-refractivity contribution in [1.82, 2.24) is 10.3 Å². The van der Waals surface area contributed by atoms with Gasteiger partial charge in [0.2, 0.25) is 0 Å². The number of hydrogen-bond acceptors (Lipinski definition) is 2. The Morgan fingerprint density at radius 2 is 2.00 bits per heavy atom. The first kappa shape index (κ1) is 13.5. The maximum atomic E-state index is 5.33. The van der Waals surface area contributed by atoms with Crippen LogP contribution in [0.5, 0.6) is 0 Å². The number of nitrogens with zero attached hydrogens (tertiary/aromatic N) is 1. The van der Waals surface area contributed by atoms with Crippen LogP contribution >= 0.6 is 12.2 Å². The van der Waals surface area contributed by atoms with Crippen LogP contribution < -0.4 is 10.6 Å². The molecular formula is C15H17N3S. The van der Waals surface area contributed by atoms with E-state index >= 15 is 0 Å². The first-order valence-electron chi connectivity index (χ1n) is 6.32. The zero-order chi connectivity index (χ0) is 13.5. The van der Waals surface area contributed by atoms with E-state index in [2.05, 4.69) is 34.7 Å². The van der Waals surface area contributed by atoms with Gasteiger partial charge in [0.05, 0.1) is 17.9 Å². The third-order valence-corrected chi connectivity index (χ3v) is 3.05. The molecule has 1 aromatic carbocycles. The molecule has 19 heavy (non-hydrogen) atoms. The van der Waals surface area contributed by atoms with Gasteiger partial charge in [-0.05, 0) is 36.3 Å². The van der Waals surface area contributed by atoms with Crippen molar-refractivity contribution in [1.29, 1.82) is 0 Å². The lowest BCUT2D eigenvalue weighted by atomic mass is 10.1. The molecule has 2 rings (SSSR count). The number of aromatic nitrogens is 1. The molecule has 2 N–H and O–H groups in total. The SMILES string of the molecule is CCC(NC(=S)Nc1cccnc1)c1ccccc1. The predicted molar refractivity (Wildman–Crippen MR) is 83.1 cm³/mol. The van der Waals surface area contributed by atoms with Crippen molar-refractivity contribution in [3.05, 3.63) is 60.4 Å². The second-order valence-electron chi connectivity index (χ2n) is 4.21. The van der Waals surface area contributed by atoms with E-state index in [1.807, 2.05) is 30.3 Å². The summed E-state index contributed by atoms with van der Waals surface area (Å²) < 4.78 is 0. The van der Waals surface area contributed by atoms with Gasteiger partial charge < -0.3 is 10.6 Å². The van der Waals surface area contributed by atoms with Crippen molar-refractivity contribution in [3.63, 3.8) is 0 Å². The molecule has 0 aliphatic heterocycles. The topological polar surface area (TPSA) is 37.0 Å². The highest BCUT2D eigenvalue weighted by Crippen LogP contribution is 2.16. The number of benzene rings is 1. The summed E-state index contributed by atoms with van der Waals surface area (Å²) in [6.45, 7) is 2.14. The average Bonchev–Trinajstić information content (AvgIpc) is 2.47. The van der Waals surface area contributed by atoms with Gasteiger partial charge in [-0.15, -0.1) is 0 Å². The van der Waals surface area contributed by atoms with Crippen molar-refractivity contribution in [2.45, 2.75) is 19.4 Å². The monoisotopic (exact) mass is 271 g/mol. The Morgan fingerprint density at radius 3 is 2.63 bits per heavy atom. The molecule has 0 radical (unpaired) electrons. The van der Waals surface area contributed by atoms with E-state index in [1.165, 1.54) is 5.56 Å². The number of pyridine rings is 1. The molecule has 2 aromatic rings. The standard InChI is InChI=1S/C15H17N3S/c1-2-14(12-7-4-3-5-8-12)18-15(19)17-13-9-6-10-16-11-13/h3-11,14H,2H2,1H3,(H2,17,18,19). The third-order valence-electron chi connectivity index (χ3n) is 2.83. The Morgan fingerprint density at radius 1 is 1.21 bits per heavy atom. The van der Waals surface area contributed by atoms with Crippen molar-refractivity contribution >= 4 is 23.0 Å². The van der Waals surface area contributed by atoms with Crippen LogP contribution in [0.4, 0.5) is 5.69 Å². The van der Waals surface area contributed by atoms with Gasteiger partial charge in [0.1, 0.15) is 0 Å². The van der Waals surface area contributed by atoms with Gasteiger partial charge in [0.15, 0.2) is 5.11 Å². The molecule has 1 aromatic heterocycles. The lowest BCUT2D eigenvalue weighted by Gasteiger charge is -2.19. The van der Waals surface area contributed by atoms with Gasteiger partial charge >= 0.3 is 0 Å². The van der Waals surface area contributed by atoms with E-state index in [4.69, 9.17) is 12.2 Å². The molecule has 0 saturated carbocycles. The molecule has 0 aliphatic rings. The Hall–Kier alpha value is -1.94. The Labute approximate surface area is 119 Å². The molecule has 1 heterocycles. The summed E-state index contributed by atoms with van der Waals surface area (Å²) in [6, 6.07) is 14.3. The van der Waals surface area contributed by atoms with Crippen molar-refractivity contribution < 1.29 is 0 Å². The first-order chi connectivity index (χ1) is 9.29. The normalized spacial score (nSPS) is 11.6. The molecule has 0 bridgehead atoms. The van der Waals surface area contributed by atoms with Crippen LogP contribution in [0.15, 0.2) is 54.9 Å². The van der Waals surface area contributed by atoms with Crippen LogP contribution in [0.25, 0.3) is 0 Å². The van der Waals surface area contributed by atoms with Gasteiger partial charge in [0, 0.05) is 6.20 Å². The maximum absolute atomic E-state index is 5.33. The van der Waals surface area contributed by atoms with Crippen LogP contribution in [0, 0.1) is 0 Å². The third kappa shape index (κ3) is 4.03. The fraction of sp³-hybridized carbons (Fsp3) is 0.200. The van der Waals surface area contributed by atoms with Crippen LogP contribution in [0.1, 0.15) is 24.9 Å². The quantitative estimate of drug-likeness (QED) is 0.834. The van der Waals surface area contributed by atoms with E-state index in [9.17, 15) is 0 Å². The second-order valence-corrected chi connectivity index (χ2v) is 4.62. The molecule has 3 nitrogen and oxygen atoms in total. The molecule has 1 atom stereocenters. The number of nitrogens with one attached hydrogen (secondary N) is 2. The highest BCUT2D eigenvalue weighted by Gasteiger charge is 2.09. The fourth-order valence-electron chi connectivity index (χ4n) is 1.87. The summed E-state index contributed by atoms with van der Waals surface area (Å²) in [6.07, 6.45) is 4.46. The highest BCUT2D eigenvalue weighted by atomic mass is 32.1. The average molecular weight is 271 g/mol. The Bertz CT molecular complexity index is 513. The Balaban J connectivity index is 1.97. The number of hydrogen-bond donors (Lipinski definition) is 2. The predicted octanol–water partition coefficient (Wildman–Crippen LogP) is 3.52. The number of thiocarbonyl (C=S) groups is 1. The molecule has 1 unspecified atom stereocenters. The first-order valence-corrected chi connectivity index (χ1v) is 6.73. The van der Waals surface area contributed by atoms with E-state index in [0.717, 1.165) is 12.1 Å². The van der Waals surface area contributed by atoms with Crippen LogP contribution in [-0.2, 0) is 0 Å². The minimum absolute atomic E-state index is 0.220. The molecule has 4 heteroatoms.